The summed E-state index contributed by atoms with van der Waals surface area (Å²) in [6.45, 7) is 0. The van der Waals surface area contributed by atoms with Gasteiger partial charge in [0.05, 0.1) is 6.20 Å². The molecule has 12 heavy (non-hydrogen) atoms. The van der Waals surface area contributed by atoms with Crippen LogP contribution in [0.5, 0.6) is 0 Å². The lowest BCUT2D eigenvalue weighted by Gasteiger charge is -1.90. The predicted octanol–water partition coefficient (Wildman–Crippen LogP) is 1.82. The van der Waals surface area contributed by atoms with Crippen molar-refractivity contribution in [3.8, 4) is 0 Å². The van der Waals surface area contributed by atoms with Crippen LogP contribution in [-0.4, -0.2) is 11.3 Å². The summed E-state index contributed by atoms with van der Waals surface area (Å²) in [6.07, 6.45) is 7.11. The maximum Gasteiger partial charge on any atom is 0.142 e. The van der Waals surface area contributed by atoms with E-state index in [2.05, 4.69) is 4.98 Å². The van der Waals surface area contributed by atoms with Crippen molar-refractivity contribution < 1.29 is 9.18 Å². The molecule has 0 saturated carbocycles. The maximum absolute atomic E-state index is 12.5. The Morgan fingerprint density at radius 3 is 3.00 bits per heavy atom. The van der Waals surface area contributed by atoms with Crippen LogP contribution in [0.25, 0.3) is 6.08 Å². The van der Waals surface area contributed by atoms with Gasteiger partial charge in [-0.25, -0.2) is 4.39 Å². The van der Waals surface area contributed by atoms with Gasteiger partial charge in [0.2, 0.25) is 0 Å². The molecule has 0 saturated heterocycles. The van der Waals surface area contributed by atoms with E-state index in [-0.39, 0.29) is 5.82 Å². The fourth-order valence-corrected chi connectivity index (χ4v) is 0.779. The molecule has 0 aliphatic heterocycles. The number of carbonyl (C=O) groups excluding carboxylic acids is 1. The van der Waals surface area contributed by atoms with Gasteiger partial charge in [-0.15, -0.1) is 0 Å². The van der Waals surface area contributed by atoms with Crippen LogP contribution in [0.4, 0.5) is 4.39 Å². The lowest BCUT2D eigenvalue weighted by atomic mass is 10.2. The summed E-state index contributed by atoms with van der Waals surface area (Å²) in [5.74, 6) is -0.372. The molecule has 0 N–H and O–H groups in total. The summed E-state index contributed by atoms with van der Waals surface area (Å²) < 4.78 is 12.5. The summed E-state index contributed by atoms with van der Waals surface area (Å²) in [4.78, 5) is 13.6. The highest BCUT2D eigenvalue weighted by Gasteiger charge is 1.89. The molecule has 0 aliphatic rings. The lowest BCUT2D eigenvalue weighted by Crippen LogP contribution is -1.79. The monoisotopic (exact) mass is 165 g/mol. The smallest absolute Gasteiger partial charge is 0.142 e. The number of pyridine rings is 1. The van der Waals surface area contributed by atoms with Crippen molar-refractivity contribution in [3.63, 3.8) is 0 Å². The third kappa shape index (κ3) is 2.62. The number of hydrogen-bond donors (Lipinski definition) is 0. The molecule has 3 heteroatoms. The standard InChI is InChI=1S/C9H8FNO/c10-9-5-8(6-11-7-9)3-1-2-4-12/h1,3-7H,2H2. The first kappa shape index (κ1) is 8.59. The molecule has 0 unspecified atom stereocenters. The van der Waals surface area contributed by atoms with Crippen molar-refractivity contribution in [3.05, 3.63) is 35.9 Å². The molecule has 0 amide bonds. The Morgan fingerprint density at radius 2 is 2.33 bits per heavy atom. The quantitative estimate of drug-likeness (QED) is 0.639. The van der Waals surface area contributed by atoms with Crippen molar-refractivity contribution in [2.75, 3.05) is 0 Å². The second kappa shape index (κ2) is 4.38. The van der Waals surface area contributed by atoms with Gasteiger partial charge in [0, 0.05) is 12.6 Å². The SMILES string of the molecule is O=CCC=Cc1cncc(F)c1. The van der Waals surface area contributed by atoms with Gasteiger partial charge >= 0.3 is 0 Å². The highest BCUT2D eigenvalue weighted by atomic mass is 19.1. The number of halogens is 1. The zero-order chi connectivity index (χ0) is 8.81. The Hall–Kier alpha value is -1.51. The van der Waals surface area contributed by atoms with Crippen LogP contribution < -0.4 is 0 Å². The van der Waals surface area contributed by atoms with Crippen LogP contribution in [0.3, 0.4) is 0 Å². The summed E-state index contributed by atoms with van der Waals surface area (Å²) in [5, 5.41) is 0. The van der Waals surface area contributed by atoms with E-state index in [9.17, 15) is 9.18 Å². The Balaban J connectivity index is 2.69. The van der Waals surface area contributed by atoms with Crippen molar-refractivity contribution in [2.24, 2.45) is 0 Å². The second-order valence-corrected chi connectivity index (χ2v) is 2.24. The van der Waals surface area contributed by atoms with Crippen LogP contribution in [0.1, 0.15) is 12.0 Å². The van der Waals surface area contributed by atoms with E-state index in [1.807, 2.05) is 0 Å². The number of rotatable bonds is 3. The van der Waals surface area contributed by atoms with E-state index in [1.165, 1.54) is 12.3 Å². The summed E-state index contributed by atoms with van der Waals surface area (Å²) >= 11 is 0. The van der Waals surface area contributed by atoms with Gasteiger partial charge in [0.15, 0.2) is 0 Å². The van der Waals surface area contributed by atoms with Gasteiger partial charge < -0.3 is 4.79 Å². The average molecular weight is 165 g/mol. The van der Waals surface area contributed by atoms with E-state index < -0.39 is 0 Å². The highest BCUT2D eigenvalue weighted by Crippen LogP contribution is 2.02. The molecule has 1 heterocycles. The zero-order valence-corrected chi connectivity index (χ0v) is 6.40. The minimum absolute atomic E-state index is 0.344. The van der Waals surface area contributed by atoms with Crippen molar-refractivity contribution in [1.82, 2.24) is 4.98 Å². The molecule has 0 aromatic carbocycles. The van der Waals surface area contributed by atoms with Crippen LogP contribution in [0, 0.1) is 5.82 Å². The van der Waals surface area contributed by atoms with E-state index in [0.29, 0.717) is 12.0 Å². The highest BCUT2D eigenvalue weighted by molar-refractivity contribution is 5.57. The third-order valence-corrected chi connectivity index (χ3v) is 1.27. The molecule has 2 nitrogen and oxygen atoms in total. The van der Waals surface area contributed by atoms with Crippen molar-refractivity contribution in [1.29, 1.82) is 0 Å². The Bertz CT molecular complexity index is 296. The molecule has 0 bridgehead atoms. The second-order valence-electron chi connectivity index (χ2n) is 2.24. The molecular formula is C9H8FNO. The minimum Gasteiger partial charge on any atom is -0.303 e. The molecule has 0 aliphatic carbocycles. The fraction of sp³-hybridized carbons (Fsp3) is 0.111. The number of aldehydes is 1. The first-order chi connectivity index (χ1) is 5.83. The summed E-state index contributed by atoms with van der Waals surface area (Å²) in [5.41, 5.74) is 0.664. The molecule has 62 valence electrons. The molecule has 0 atom stereocenters. The van der Waals surface area contributed by atoms with Crippen molar-refractivity contribution in [2.45, 2.75) is 6.42 Å². The number of carbonyl (C=O) groups is 1. The van der Waals surface area contributed by atoms with E-state index >= 15 is 0 Å². The van der Waals surface area contributed by atoms with Crippen LogP contribution >= 0.6 is 0 Å². The molecule has 1 aromatic rings. The molecular weight excluding hydrogens is 157 g/mol. The van der Waals surface area contributed by atoms with E-state index in [4.69, 9.17) is 0 Å². The van der Waals surface area contributed by atoms with Crippen LogP contribution in [0.2, 0.25) is 0 Å². The molecule has 1 rings (SSSR count). The predicted molar refractivity (Wildman–Crippen MR) is 43.9 cm³/mol. The third-order valence-electron chi connectivity index (χ3n) is 1.27. The number of allylic oxidation sites excluding steroid dienone is 1. The largest absolute Gasteiger partial charge is 0.303 e. The molecule has 0 spiro atoms. The van der Waals surface area contributed by atoms with Gasteiger partial charge in [-0.1, -0.05) is 12.2 Å². The lowest BCUT2D eigenvalue weighted by molar-refractivity contribution is -0.107. The van der Waals surface area contributed by atoms with Crippen molar-refractivity contribution >= 4 is 12.4 Å². The Kier molecular flexibility index (Phi) is 3.14. The van der Waals surface area contributed by atoms with Crippen LogP contribution in [0.15, 0.2) is 24.5 Å². The first-order valence-electron chi connectivity index (χ1n) is 3.53. The number of hydrogen-bond acceptors (Lipinski definition) is 2. The summed E-state index contributed by atoms with van der Waals surface area (Å²) in [6, 6.07) is 1.36. The van der Waals surface area contributed by atoms with Gasteiger partial charge in [-0.2, -0.15) is 0 Å². The van der Waals surface area contributed by atoms with Gasteiger partial charge in [-0.05, 0) is 11.6 Å². The first-order valence-corrected chi connectivity index (χ1v) is 3.53. The van der Waals surface area contributed by atoms with Gasteiger partial charge in [0.1, 0.15) is 12.1 Å². The zero-order valence-electron chi connectivity index (χ0n) is 6.40. The number of nitrogens with zero attached hydrogens (tertiary/aromatic N) is 1. The molecule has 1 aromatic heterocycles. The number of aromatic nitrogens is 1. The Labute approximate surface area is 69.7 Å². The van der Waals surface area contributed by atoms with E-state index in [1.54, 1.807) is 12.2 Å². The van der Waals surface area contributed by atoms with Gasteiger partial charge in [0.25, 0.3) is 0 Å². The van der Waals surface area contributed by atoms with E-state index in [0.717, 1.165) is 12.5 Å². The minimum atomic E-state index is -0.372. The molecule has 0 fully saturated rings. The van der Waals surface area contributed by atoms with Crippen LogP contribution in [-0.2, 0) is 4.79 Å². The topological polar surface area (TPSA) is 30.0 Å². The summed E-state index contributed by atoms with van der Waals surface area (Å²) in [7, 11) is 0. The maximum atomic E-state index is 12.5. The Morgan fingerprint density at radius 1 is 1.50 bits per heavy atom. The normalized spacial score (nSPS) is 10.4. The molecule has 0 radical (unpaired) electrons. The fourth-order valence-electron chi connectivity index (χ4n) is 0.779. The van der Waals surface area contributed by atoms with Gasteiger partial charge in [-0.3, -0.25) is 4.98 Å². The average Bonchev–Trinajstić information content (AvgIpc) is 2.05.